The molecule has 11 heteroatoms. The van der Waals surface area contributed by atoms with Crippen LogP contribution >= 0.6 is 0 Å². The number of fused-ring (bicyclic) bond motifs is 1. The number of rotatable bonds is 9. The van der Waals surface area contributed by atoms with Gasteiger partial charge in [-0.2, -0.15) is 0 Å². The molecule has 1 N–H and O–H groups in total. The highest BCUT2D eigenvalue weighted by Crippen LogP contribution is 2.33. The second-order valence-electron chi connectivity index (χ2n) is 12.2. The molecule has 230 valence electrons. The lowest BCUT2D eigenvalue weighted by atomic mass is 9.96. The number of pyridine rings is 1. The number of aromatic nitrogens is 3. The van der Waals surface area contributed by atoms with Gasteiger partial charge in [-0.25, -0.2) is 23.7 Å². The zero-order valence-corrected chi connectivity index (χ0v) is 25.0. The number of carbonyl (C=O) groups is 1. The first-order chi connectivity index (χ1) is 20.8. The maximum absolute atomic E-state index is 14.0. The third-order valence-electron chi connectivity index (χ3n) is 9.11. The predicted molar refractivity (Wildman–Crippen MR) is 162 cm³/mol. The molecule has 3 aromatic rings. The molecule has 3 aliphatic rings. The van der Waals surface area contributed by atoms with Crippen molar-refractivity contribution in [2.24, 2.45) is 0 Å². The van der Waals surface area contributed by atoms with E-state index in [1.165, 1.54) is 0 Å². The Kier molecular flexibility index (Phi) is 8.72. The Hall–Kier alpha value is -3.44. The van der Waals surface area contributed by atoms with Crippen molar-refractivity contribution in [3.05, 3.63) is 53.9 Å². The van der Waals surface area contributed by atoms with Gasteiger partial charge in [-0.15, -0.1) is 0 Å². The Morgan fingerprint density at radius 2 is 1.72 bits per heavy atom. The molecule has 9 nitrogen and oxygen atoms in total. The van der Waals surface area contributed by atoms with E-state index >= 15 is 0 Å². The summed E-state index contributed by atoms with van der Waals surface area (Å²) >= 11 is 0. The average Bonchev–Trinajstić information content (AvgIpc) is 2.99. The number of likely N-dealkylation sites (tertiary alicyclic amines) is 1. The van der Waals surface area contributed by atoms with Gasteiger partial charge in [-0.3, -0.25) is 14.6 Å². The van der Waals surface area contributed by atoms with Gasteiger partial charge in [-0.1, -0.05) is 6.07 Å². The van der Waals surface area contributed by atoms with Crippen LogP contribution in [0.25, 0.3) is 10.9 Å². The summed E-state index contributed by atoms with van der Waals surface area (Å²) in [6.45, 7) is 8.95. The largest absolute Gasteiger partial charge is 0.460 e. The van der Waals surface area contributed by atoms with E-state index in [0.717, 1.165) is 67.7 Å². The van der Waals surface area contributed by atoms with Crippen LogP contribution in [0.4, 0.5) is 14.6 Å². The second-order valence-corrected chi connectivity index (χ2v) is 12.2. The molecule has 0 spiro atoms. The fourth-order valence-corrected chi connectivity index (χ4v) is 6.09. The fourth-order valence-electron chi connectivity index (χ4n) is 6.09. The summed E-state index contributed by atoms with van der Waals surface area (Å²) < 4.78 is 33.8. The molecule has 1 unspecified atom stereocenters. The van der Waals surface area contributed by atoms with Gasteiger partial charge in [0.05, 0.1) is 11.6 Å². The zero-order valence-electron chi connectivity index (χ0n) is 25.0. The number of anilines is 1. The summed E-state index contributed by atoms with van der Waals surface area (Å²) in [7, 11) is 0. The van der Waals surface area contributed by atoms with Gasteiger partial charge in [0.2, 0.25) is 0 Å². The van der Waals surface area contributed by atoms with Crippen molar-refractivity contribution in [2.75, 3.05) is 50.7 Å². The summed E-state index contributed by atoms with van der Waals surface area (Å²) in [5.74, 6) is -1.98. The smallest absolute Gasteiger partial charge is 0.316 e. The molecule has 1 saturated carbocycles. The molecule has 2 aromatic heterocycles. The SMILES string of the molecule is CC(C)N1CCN(c2ccc3c(C(=O)NCC(c4cnc(OC5CCC5)nc4)N4CCC(F)(F)CC4)cccc3n2)CC1. The second kappa shape index (κ2) is 12.7. The first kappa shape index (κ1) is 29.6. The van der Waals surface area contributed by atoms with Crippen molar-refractivity contribution in [3.8, 4) is 6.01 Å². The van der Waals surface area contributed by atoms with Gasteiger partial charge in [-0.05, 0) is 57.4 Å². The van der Waals surface area contributed by atoms with Gasteiger partial charge in [0.1, 0.15) is 11.9 Å². The molecule has 0 bridgehead atoms. The van der Waals surface area contributed by atoms with E-state index in [4.69, 9.17) is 9.72 Å². The topological polar surface area (TPSA) is 86.7 Å². The van der Waals surface area contributed by atoms with Crippen molar-refractivity contribution < 1.29 is 18.3 Å². The van der Waals surface area contributed by atoms with Crippen LogP contribution in [0, 0.1) is 0 Å². The fraction of sp³-hybridized carbons (Fsp3) is 0.562. The van der Waals surface area contributed by atoms with Crippen LogP contribution < -0.4 is 15.0 Å². The highest BCUT2D eigenvalue weighted by molar-refractivity contribution is 6.06. The molecule has 2 saturated heterocycles. The lowest BCUT2D eigenvalue weighted by molar-refractivity contribution is -0.0632. The molecule has 6 rings (SSSR count). The van der Waals surface area contributed by atoms with Crippen molar-refractivity contribution in [2.45, 2.75) is 70.1 Å². The standard InChI is InChI=1S/C32H41F2N7O2/c1-22(2)39-15-17-41(18-16-39)29-10-9-25-26(7-4-8-27(25)38-29)30(42)35-21-28(40-13-11-32(33,34)12-14-40)23-19-36-31(37-20-23)43-24-5-3-6-24/h4,7-10,19-20,22,24,28H,3,5-6,11-18,21H2,1-2H3,(H,35,42). The van der Waals surface area contributed by atoms with Crippen LogP contribution in [0.5, 0.6) is 6.01 Å². The maximum atomic E-state index is 14.0. The van der Waals surface area contributed by atoms with Crippen molar-refractivity contribution in [1.29, 1.82) is 0 Å². The van der Waals surface area contributed by atoms with Gasteiger partial charge < -0.3 is 15.0 Å². The monoisotopic (exact) mass is 593 g/mol. The third-order valence-corrected chi connectivity index (χ3v) is 9.11. The Balaban J connectivity index is 1.16. The van der Waals surface area contributed by atoms with Crippen molar-refractivity contribution >= 4 is 22.6 Å². The molecule has 3 fully saturated rings. The number of piperazine rings is 1. The maximum Gasteiger partial charge on any atom is 0.316 e. The van der Waals surface area contributed by atoms with E-state index < -0.39 is 5.92 Å². The highest BCUT2D eigenvalue weighted by atomic mass is 19.3. The Morgan fingerprint density at radius 3 is 2.37 bits per heavy atom. The number of benzene rings is 1. The third kappa shape index (κ3) is 6.88. The Bertz CT molecular complexity index is 1400. The molecule has 2 aliphatic heterocycles. The summed E-state index contributed by atoms with van der Waals surface area (Å²) in [5.41, 5.74) is 2.06. The van der Waals surface area contributed by atoms with E-state index in [-0.39, 0.29) is 50.5 Å². The van der Waals surface area contributed by atoms with E-state index in [1.54, 1.807) is 18.5 Å². The van der Waals surface area contributed by atoms with Crippen LogP contribution in [0.3, 0.4) is 0 Å². The van der Waals surface area contributed by atoms with Gasteiger partial charge in [0.25, 0.3) is 11.8 Å². The summed E-state index contributed by atoms with van der Waals surface area (Å²) in [6, 6.07) is 10.1. The normalized spacial score (nSPS) is 20.6. The molecule has 1 atom stereocenters. The van der Waals surface area contributed by atoms with Crippen molar-refractivity contribution in [3.63, 3.8) is 0 Å². The van der Waals surface area contributed by atoms with Gasteiger partial charge >= 0.3 is 6.01 Å². The number of nitrogens with zero attached hydrogens (tertiary/aromatic N) is 6. The number of piperidine rings is 1. The highest BCUT2D eigenvalue weighted by Gasteiger charge is 2.37. The number of halogens is 2. The minimum Gasteiger partial charge on any atom is -0.460 e. The van der Waals surface area contributed by atoms with Gasteiger partial charge in [0, 0.05) is 93.6 Å². The number of nitrogens with one attached hydrogen (secondary N) is 1. The number of ether oxygens (including phenoxy) is 1. The van der Waals surface area contributed by atoms with E-state index in [2.05, 4.69) is 38.9 Å². The Morgan fingerprint density at radius 1 is 1.00 bits per heavy atom. The summed E-state index contributed by atoms with van der Waals surface area (Å²) in [4.78, 5) is 34.0. The molecule has 1 amide bonds. The molecule has 1 aromatic carbocycles. The quantitative estimate of drug-likeness (QED) is 0.383. The van der Waals surface area contributed by atoms with Crippen LogP contribution in [0.15, 0.2) is 42.7 Å². The van der Waals surface area contributed by atoms with Gasteiger partial charge in [0.15, 0.2) is 0 Å². The molecule has 43 heavy (non-hydrogen) atoms. The number of hydrogen-bond acceptors (Lipinski definition) is 8. The first-order valence-corrected chi connectivity index (χ1v) is 15.5. The average molecular weight is 594 g/mol. The minimum atomic E-state index is -2.67. The number of amides is 1. The lowest BCUT2D eigenvalue weighted by Crippen LogP contribution is -2.49. The minimum absolute atomic E-state index is 0.159. The number of alkyl halides is 2. The number of carbonyl (C=O) groups excluding carboxylic acids is 1. The molecular formula is C32H41F2N7O2. The van der Waals surface area contributed by atoms with E-state index in [1.807, 2.05) is 29.2 Å². The first-order valence-electron chi connectivity index (χ1n) is 15.5. The lowest BCUT2D eigenvalue weighted by Gasteiger charge is -2.37. The van der Waals surface area contributed by atoms with Crippen LogP contribution in [0.1, 0.15) is 67.9 Å². The van der Waals surface area contributed by atoms with Crippen LogP contribution in [-0.4, -0.2) is 94.5 Å². The van der Waals surface area contributed by atoms with Crippen LogP contribution in [0.2, 0.25) is 0 Å². The number of hydrogen-bond donors (Lipinski definition) is 1. The molecule has 1 aliphatic carbocycles. The summed E-state index contributed by atoms with van der Waals surface area (Å²) in [6.07, 6.45) is 6.25. The zero-order chi connectivity index (χ0) is 30.0. The Labute approximate surface area is 251 Å². The van der Waals surface area contributed by atoms with Crippen LogP contribution in [-0.2, 0) is 0 Å². The summed E-state index contributed by atoms with van der Waals surface area (Å²) in [5, 5.41) is 3.84. The van der Waals surface area contributed by atoms with E-state index in [0.29, 0.717) is 17.6 Å². The molecule has 4 heterocycles. The molecular weight excluding hydrogens is 552 g/mol. The van der Waals surface area contributed by atoms with Crippen molar-refractivity contribution in [1.82, 2.24) is 30.1 Å². The predicted octanol–water partition coefficient (Wildman–Crippen LogP) is 4.69. The molecule has 0 radical (unpaired) electrons. The van der Waals surface area contributed by atoms with E-state index in [9.17, 15) is 13.6 Å².